The van der Waals surface area contributed by atoms with E-state index >= 15 is 4.39 Å². The van der Waals surface area contributed by atoms with Gasteiger partial charge in [-0.05, 0) is 35.9 Å². The van der Waals surface area contributed by atoms with Gasteiger partial charge in [0.1, 0.15) is 23.3 Å². The van der Waals surface area contributed by atoms with Crippen LogP contribution in [0.2, 0.25) is 0 Å². The first kappa shape index (κ1) is 24.1. The molecule has 1 aromatic carbocycles. The molecule has 0 aliphatic carbocycles. The predicted molar refractivity (Wildman–Crippen MR) is 122 cm³/mol. The van der Waals surface area contributed by atoms with Crippen molar-refractivity contribution in [2.24, 2.45) is 0 Å². The highest BCUT2D eigenvalue weighted by molar-refractivity contribution is 5.93. The number of nitrogens with zero attached hydrogens (tertiary/aromatic N) is 3. The molecule has 0 radical (unpaired) electrons. The quantitative estimate of drug-likeness (QED) is 0.367. The van der Waals surface area contributed by atoms with E-state index in [1.165, 1.54) is 34.6 Å². The number of rotatable bonds is 8. The van der Waals surface area contributed by atoms with Crippen molar-refractivity contribution >= 4 is 29.2 Å². The van der Waals surface area contributed by atoms with Gasteiger partial charge >= 0.3 is 6.09 Å². The molecular formula is C23H24FN5O6. The number of nitrogens with one attached hydrogen (secondary N) is 2. The van der Waals surface area contributed by atoms with Crippen LogP contribution in [0, 0.1) is 5.82 Å². The summed E-state index contributed by atoms with van der Waals surface area (Å²) in [5, 5.41) is 23.4. The van der Waals surface area contributed by atoms with Crippen molar-refractivity contribution in [1.82, 2.24) is 20.0 Å². The Labute approximate surface area is 199 Å². The molecule has 3 aromatic rings. The van der Waals surface area contributed by atoms with Crippen LogP contribution in [0.5, 0.6) is 0 Å². The molecule has 0 unspecified atom stereocenters. The fourth-order valence-corrected chi connectivity index (χ4v) is 3.68. The summed E-state index contributed by atoms with van der Waals surface area (Å²) in [6.45, 7) is 1.13. The van der Waals surface area contributed by atoms with Gasteiger partial charge in [0.25, 0.3) is 5.91 Å². The maximum atomic E-state index is 15.0. The zero-order valence-corrected chi connectivity index (χ0v) is 18.8. The van der Waals surface area contributed by atoms with Crippen LogP contribution in [-0.2, 0) is 9.53 Å². The fraction of sp³-hybridized carbons (Fsp3) is 0.304. The minimum absolute atomic E-state index is 0.114. The summed E-state index contributed by atoms with van der Waals surface area (Å²) in [6, 6.07) is 7.61. The van der Waals surface area contributed by atoms with Gasteiger partial charge in [0.05, 0.1) is 37.7 Å². The van der Waals surface area contributed by atoms with E-state index in [-0.39, 0.29) is 36.8 Å². The molecule has 4 rings (SSSR count). The first-order valence-electron chi connectivity index (χ1n) is 10.8. The van der Waals surface area contributed by atoms with Gasteiger partial charge in [-0.3, -0.25) is 18.9 Å². The lowest BCUT2D eigenvalue weighted by Crippen LogP contribution is -2.34. The highest BCUT2D eigenvalue weighted by Gasteiger charge is 2.32. The van der Waals surface area contributed by atoms with Gasteiger partial charge in [-0.2, -0.15) is 0 Å². The Bertz CT molecular complexity index is 1280. The number of fused-ring (bicyclic) bond motifs is 1. The van der Waals surface area contributed by atoms with Crippen LogP contribution in [0.1, 0.15) is 17.4 Å². The van der Waals surface area contributed by atoms with Crippen LogP contribution in [-0.4, -0.2) is 76.0 Å². The van der Waals surface area contributed by atoms with E-state index in [0.717, 1.165) is 0 Å². The van der Waals surface area contributed by atoms with Crippen molar-refractivity contribution < 1.29 is 33.7 Å². The molecule has 2 atom stereocenters. The van der Waals surface area contributed by atoms with Crippen LogP contribution >= 0.6 is 0 Å². The predicted octanol–water partition coefficient (Wildman–Crippen LogP) is 0.685. The molecule has 4 N–H and O–H groups in total. The molecule has 3 heterocycles. The number of amides is 3. The number of hydrogen-bond acceptors (Lipinski definition) is 7. The Balaban J connectivity index is 1.51. The molecule has 1 aliphatic rings. The number of carbonyl (C=O) groups excluding carboxylic acids is 3. The van der Waals surface area contributed by atoms with E-state index in [1.54, 1.807) is 24.4 Å². The Morgan fingerprint density at radius 1 is 1.29 bits per heavy atom. The molecule has 1 aliphatic heterocycles. The lowest BCUT2D eigenvalue weighted by molar-refractivity contribution is -0.119. The average molecular weight is 485 g/mol. The Morgan fingerprint density at radius 2 is 2.09 bits per heavy atom. The smallest absolute Gasteiger partial charge is 0.414 e. The number of ether oxygens (including phenoxy) is 1. The first-order valence-corrected chi connectivity index (χ1v) is 10.8. The topological polar surface area (TPSA) is 146 Å². The number of aliphatic hydroxyl groups excluding tert-OH is 2. The number of anilines is 1. The zero-order chi connectivity index (χ0) is 25.1. The van der Waals surface area contributed by atoms with Crippen LogP contribution < -0.4 is 15.5 Å². The van der Waals surface area contributed by atoms with Crippen molar-refractivity contribution in [1.29, 1.82) is 0 Å². The van der Waals surface area contributed by atoms with Crippen LogP contribution in [0.3, 0.4) is 0 Å². The number of cyclic esters (lactones) is 1. The van der Waals surface area contributed by atoms with E-state index in [0.29, 0.717) is 16.9 Å². The molecule has 3 amide bonds. The van der Waals surface area contributed by atoms with Gasteiger partial charge in [-0.1, -0.05) is 0 Å². The number of carbonyl (C=O) groups is 3. The second-order valence-electron chi connectivity index (χ2n) is 8.05. The van der Waals surface area contributed by atoms with E-state index in [4.69, 9.17) is 9.84 Å². The molecule has 0 saturated carbocycles. The summed E-state index contributed by atoms with van der Waals surface area (Å²) in [5.74, 6) is -1.28. The zero-order valence-electron chi connectivity index (χ0n) is 18.8. The number of imidazole rings is 1. The van der Waals surface area contributed by atoms with Crippen molar-refractivity contribution in [2.75, 3.05) is 31.1 Å². The molecule has 2 aromatic heterocycles. The van der Waals surface area contributed by atoms with Crippen molar-refractivity contribution in [3.05, 3.63) is 54.2 Å². The summed E-state index contributed by atoms with van der Waals surface area (Å²) >= 11 is 0. The first-order chi connectivity index (χ1) is 16.8. The van der Waals surface area contributed by atoms with Crippen molar-refractivity contribution in [3.63, 3.8) is 0 Å². The maximum Gasteiger partial charge on any atom is 0.414 e. The van der Waals surface area contributed by atoms with E-state index in [1.807, 2.05) is 0 Å². The SMILES string of the molecule is CC(=O)NC[C@H]1CN(c2ccc(-c3ccn4c(C(=O)NC[C@H](O)CO)cnc4c3)c(F)c2)C(=O)O1. The minimum atomic E-state index is -1.07. The third kappa shape index (κ3) is 5.23. The molecule has 11 nitrogen and oxygen atoms in total. The monoisotopic (exact) mass is 485 g/mol. The molecule has 35 heavy (non-hydrogen) atoms. The highest BCUT2D eigenvalue weighted by Crippen LogP contribution is 2.29. The molecule has 0 spiro atoms. The van der Waals surface area contributed by atoms with Gasteiger partial charge in [0.2, 0.25) is 5.91 Å². The highest BCUT2D eigenvalue weighted by atomic mass is 19.1. The minimum Gasteiger partial charge on any atom is -0.442 e. The second kappa shape index (κ2) is 10.1. The number of aliphatic hydroxyl groups is 2. The second-order valence-corrected chi connectivity index (χ2v) is 8.05. The number of aromatic nitrogens is 2. The van der Waals surface area contributed by atoms with Gasteiger partial charge in [0, 0.05) is 25.2 Å². The van der Waals surface area contributed by atoms with Crippen LogP contribution in [0.4, 0.5) is 14.9 Å². The number of benzene rings is 1. The summed E-state index contributed by atoms with van der Waals surface area (Å²) in [7, 11) is 0. The standard InChI is InChI=1S/C23H24FN5O6/c1-13(31)25-9-17-11-29(23(34)35-17)15-2-3-18(19(24)7-15)14-4-5-28-20(10-26-21(28)6-14)22(33)27-8-16(32)12-30/h2-7,10,16-17,30,32H,8-9,11-12H2,1H3,(H,25,31)(H,27,33)/t16-,17-/m0/s1. The molecule has 12 heteroatoms. The van der Waals surface area contributed by atoms with Crippen molar-refractivity contribution in [3.8, 4) is 11.1 Å². The van der Waals surface area contributed by atoms with Crippen LogP contribution in [0.15, 0.2) is 42.7 Å². The number of halogens is 1. The normalized spacial score (nSPS) is 16.3. The molecule has 1 fully saturated rings. The molecule has 1 saturated heterocycles. The third-order valence-electron chi connectivity index (χ3n) is 5.48. The van der Waals surface area contributed by atoms with E-state index < -0.39 is 36.6 Å². The Hall–Kier alpha value is -4.03. The molecular weight excluding hydrogens is 461 g/mol. The van der Waals surface area contributed by atoms with Gasteiger partial charge in [0.15, 0.2) is 0 Å². The van der Waals surface area contributed by atoms with Gasteiger partial charge in [-0.15, -0.1) is 0 Å². The van der Waals surface area contributed by atoms with E-state index in [9.17, 15) is 19.5 Å². The molecule has 0 bridgehead atoms. The summed E-state index contributed by atoms with van der Waals surface area (Å²) in [5.41, 5.74) is 1.74. The number of pyridine rings is 1. The number of hydrogen-bond donors (Lipinski definition) is 4. The van der Waals surface area contributed by atoms with Crippen molar-refractivity contribution in [2.45, 2.75) is 19.1 Å². The Morgan fingerprint density at radius 3 is 2.80 bits per heavy atom. The third-order valence-corrected chi connectivity index (χ3v) is 5.48. The lowest BCUT2D eigenvalue weighted by atomic mass is 10.1. The molecule has 184 valence electrons. The summed E-state index contributed by atoms with van der Waals surface area (Å²) in [4.78, 5) is 41.1. The van der Waals surface area contributed by atoms with E-state index in [2.05, 4.69) is 15.6 Å². The summed E-state index contributed by atoms with van der Waals surface area (Å²) in [6.07, 6.45) is 0.711. The van der Waals surface area contributed by atoms with Gasteiger partial charge in [-0.25, -0.2) is 14.2 Å². The largest absolute Gasteiger partial charge is 0.442 e. The lowest BCUT2D eigenvalue weighted by Gasteiger charge is -2.14. The fourth-order valence-electron chi connectivity index (χ4n) is 3.68. The summed E-state index contributed by atoms with van der Waals surface area (Å²) < 4.78 is 21.8. The van der Waals surface area contributed by atoms with Gasteiger partial charge < -0.3 is 25.6 Å². The van der Waals surface area contributed by atoms with Crippen LogP contribution in [0.25, 0.3) is 16.8 Å². The Kier molecular flexibility index (Phi) is 6.94. The average Bonchev–Trinajstić information content (AvgIpc) is 3.43. The maximum absolute atomic E-state index is 15.0.